The Morgan fingerprint density at radius 3 is 2.42 bits per heavy atom. The van der Waals surface area contributed by atoms with Gasteiger partial charge in [-0.1, -0.05) is 42.5 Å². The average molecular weight is 412 g/mol. The van der Waals surface area contributed by atoms with Crippen molar-refractivity contribution in [3.05, 3.63) is 94.5 Å². The van der Waals surface area contributed by atoms with Crippen LogP contribution >= 0.6 is 0 Å². The van der Waals surface area contributed by atoms with Crippen molar-refractivity contribution in [3.8, 4) is 17.2 Å². The van der Waals surface area contributed by atoms with E-state index >= 15 is 0 Å². The van der Waals surface area contributed by atoms with Crippen molar-refractivity contribution < 1.29 is 14.3 Å². The molecule has 0 spiro atoms. The largest absolute Gasteiger partial charge is 0.493 e. The van der Waals surface area contributed by atoms with E-state index < -0.39 is 5.97 Å². The zero-order chi connectivity index (χ0) is 21.8. The highest BCUT2D eigenvalue weighted by atomic mass is 16.6. The molecule has 4 rings (SSSR count). The molecule has 0 N–H and O–H groups in total. The first-order valence-corrected chi connectivity index (χ1v) is 9.69. The second-order valence-corrected chi connectivity index (χ2v) is 6.77. The van der Waals surface area contributed by atoms with Crippen molar-refractivity contribution in [2.75, 3.05) is 7.11 Å². The number of para-hydroxylation sites is 3. The van der Waals surface area contributed by atoms with Crippen LogP contribution < -0.4 is 15.0 Å². The second-order valence-electron chi connectivity index (χ2n) is 6.77. The molecule has 0 radical (unpaired) electrons. The lowest BCUT2D eigenvalue weighted by atomic mass is 10.1. The zero-order valence-corrected chi connectivity index (χ0v) is 17.1. The topological polar surface area (TPSA) is 70.4 Å². The zero-order valence-electron chi connectivity index (χ0n) is 17.1. The molecule has 0 aliphatic carbocycles. The highest BCUT2D eigenvalue weighted by Crippen LogP contribution is 2.32. The Morgan fingerprint density at radius 1 is 0.935 bits per heavy atom. The minimum absolute atomic E-state index is 0.165. The van der Waals surface area contributed by atoms with Gasteiger partial charge in [-0.2, -0.15) is 0 Å². The first-order valence-electron chi connectivity index (χ1n) is 9.69. The lowest BCUT2D eigenvalue weighted by molar-refractivity contribution is -0.132. The molecule has 0 amide bonds. The molecule has 0 saturated heterocycles. The van der Waals surface area contributed by atoms with Crippen LogP contribution in [-0.4, -0.2) is 22.6 Å². The summed E-state index contributed by atoms with van der Waals surface area (Å²) in [6, 6.07) is 21.9. The molecule has 6 heteroatoms. The van der Waals surface area contributed by atoms with Crippen molar-refractivity contribution in [3.63, 3.8) is 0 Å². The number of ether oxygens (including phenoxy) is 2. The summed E-state index contributed by atoms with van der Waals surface area (Å²) in [7, 11) is 1.51. The molecule has 0 atom stereocenters. The Kier molecular flexibility index (Phi) is 5.62. The average Bonchev–Trinajstić information content (AvgIpc) is 2.78. The van der Waals surface area contributed by atoms with E-state index in [1.807, 2.05) is 42.5 Å². The molecule has 0 bridgehead atoms. The standard InChI is InChI=1S/C25H20N2O4/c1-17(28)31-24-18(9-8-14-22(24)30-2)15-16-23-26-21-13-7-6-12-20(21)25(29)27(23)19-10-4-3-5-11-19/h3-16H,1-2H3. The van der Waals surface area contributed by atoms with E-state index in [9.17, 15) is 9.59 Å². The maximum Gasteiger partial charge on any atom is 0.308 e. The van der Waals surface area contributed by atoms with Crippen molar-refractivity contribution in [1.82, 2.24) is 9.55 Å². The summed E-state index contributed by atoms with van der Waals surface area (Å²) < 4.78 is 12.2. The van der Waals surface area contributed by atoms with Crippen molar-refractivity contribution in [1.29, 1.82) is 0 Å². The van der Waals surface area contributed by atoms with Crippen molar-refractivity contribution in [2.45, 2.75) is 6.92 Å². The molecule has 154 valence electrons. The van der Waals surface area contributed by atoms with Gasteiger partial charge in [0.1, 0.15) is 5.82 Å². The smallest absolute Gasteiger partial charge is 0.308 e. The second kappa shape index (κ2) is 8.67. The van der Waals surface area contributed by atoms with Crippen LogP contribution in [0.4, 0.5) is 0 Å². The number of fused-ring (bicyclic) bond motifs is 1. The molecule has 4 aromatic rings. The number of aromatic nitrogens is 2. The maximum atomic E-state index is 13.3. The summed E-state index contributed by atoms with van der Waals surface area (Å²) in [6.45, 7) is 1.33. The number of rotatable bonds is 5. The van der Waals surface area contributed by atoms with Crippen molar-refractivity contribution >= 4 is 29.0 Å². The number of hydrogen-bond acceptors (Lipinski definition) is 5. The molecule has 0 aliphatic rings. The lowest BCUT2D eigenvalue weighted by Crippen LogP contribution is -2.22. The molecule has 0 fully saturated rings. The fourth-order valence-electron chi connectivity index (χ4n) is 3.33. The van der Waals surface area contributed by atoms with Gasteiger partial charge in [-0.15, -0.1) is 0 Å². The van der Waals surface area contributed by atoms with Gasteiger partial charge in [-0.05, 0) is 42.5 Å². The quantitative estimate of drug-likeness (QED) is 0.357. The number of carbonyl (C=O) groups is 1. The third kappa shape index (κ3) is 4.09. The van der Waals surface area contributed by atoms with Crippen LogP contribution in [0.3, 0.4) is 0 Å². The van der Waals surface area contributed by atoms with Gasteiger partial charge in [0.15, 0.2) is 11.5 Å². The molecule has 0 saturated carbocycles. The molecular weight excluding hydrogens is 392 g/mol. The van der Waals surface area contributed by atoms with Crippen LogP contribution in [0.25, 0.3) is 28.7 Å². The maximum absolute atomic E-state index is 13.3. The predicted molar refractivity (Wildman–Crippen MR) is 121 cm³/mol. The minimum Gasteiger partial charge on any atom is -0.493 e. The molecule has 31 heavy (non-hydrogen) atoms. The van der Waals surface area contributed by atoms with Crippen LogP contribution in [0.2, 0.25) is 0 Å². The number of carbonyl (C=O) groups excluding carboxylic acids is 1. The fourth-order valence-corrected chi connectivity index (χ4v) is 3.33. The summed E-state index contributed by atoms with van der Waals surface area (Å²) in [5, 5.41) is 0.533. The highest BCUT2D eigenvalue weighted by molar-refractivity contribution is 5.81. The van der Waals surface area contributed by atoms with Gasteiger partial charge in [-0.25, -0.2) is 4.98 Å². The van der Waals surface area contributed by atoms with Gasteiger partial charge in [0.05, 0.1) is 23.7 Å². The Hall–Kier alpha value is -4.19. The van der Waals surface area contributed by atoms with Gasteiger partial charge in [0, 0.05) is 12.5 Å². The minimum atomic E-state index is -0.454. The third-order valence-corrected chi connectivity index (χ3v) is 4.70. The number of benzene rings is 3. The van der Waals surface area contributed by atoms with Gasteiger partial charge in [0.25, 0.3) is 5.56 Å². The lowest BCUT2D eigenvalue weighted by Gasteiger charge is -2.12. The van der Waals surface area contributed by atoms with E-state index in [4.69, 9.17) is 14.5 Å². The van der Waals surface area contributed by atoms with Crippen LogP contribution in [0.1, 0.15) is 18.3 Å². The first kappa shape index (κ1) is 20.1. The SMILES string of the molecule is COc1cccc(C=Cc2nc3ccccc3c(=O)n2-c2ccccc2)c1OC(C)=O. The third-order valence-electron chi connectivity index (χ3n) is 4.70. The van der Waals surface area contributed by atoms with Crippen LogP contribution in [0.5, 0.6) is 11.5 Å². The van der Waals surface area contributed by atoms with Crippen LogP contribution in [0, 0.1) is 0 Å². The number of hydrogen-bond donors (Lipinski definition) is 0. The predicted octanol–water partition coefficient (Wildman–Crippen LogP) is 4.49. The summed E-state index contributed by atoms with van der Waals surface area (Å²) in [4.78, 5) is 29.5. The Bertz CT molecular complexity index is 1340. The number of esters is 1. The molecule has 0 aliphatic heterocycles. The molecule has 0 unspecified atom stereocenters. The first-order chi connectivity index (χ1) is 15.1. The van der Waals surface area contributed by atoms with Gasteiger partial charge in [-0.3, -0.25) is 14.2 Å². The van der Waals surface area contributed by atoms with Gasteiger partial charge < -0.3 is 9.47 Å². The molecular formula is C25H20N2O4. The molecule has 6 nitrogen and oxygen atoms in total. The molecule has 1 heterocycles. The van der Waals surface area contributed by atoms with Crippen LogP contribution in [0.15, 0.2) is 77.6 Å². The van der Waals surface area contributed by atoms with E-state index in [0.29, 0.717) is 39.5 Å². The summed E-state index contributed by atoms with van der Waals surface area (Å²) >= 11 is 0. The Balaban J connectivity index is 1.91. The number of nitrogens with zero attached hydrogens (tertiary/aromatic N) is 2. The van der Waals surface area contributed by atoms with E-state index in [-0.39, 0.29) is 5.56 Å². The molecule has 3 aromatic carbocycles. The highest BCUT2D eigenvalue weighted by Gasteiger charge is 2.13. The molecule has 1 aromatic heterocycles. The van der Waals surface area contributed by atoms with Crippen LogP contribution in [-0.2, 0) is 4.79 Å². The van der Waals surface area contributed by atoms with E-state index in [1.54, 1.807) is 47.1 Å². The van der Waals surface area contributed by atoms with Crippen molar-refractivity contribution in [2.24, 2.45) is 0 Å². The monoisotopic (exact) mass is 412 g/mol. The Labute approximate surface area is 179 Å². The van der Waals surface area contributed by atoms with Gasteiger partial charge >= 0.3 is 5.97 Å². The van der Waals surface area contributed by atoms with E-state index in [2.05, 4.69) is 0 Å². The summed E-state index contributed by atoms with van der Waals surface area (Å²) in [5.41, 5.74) is 1.76. The summed E-state index contributed by atoms with van der Waals surface area (Å²) in [5.74, 6) is 0.739. The van der Waals surface area contributed by atoms with E-state index in [1.165, 1.54) is 14.0 Å². The normalized spacial score (nSPS) is 11.0. The summed E-state index contributed by atoms with van der Waals surface area (Å²) in [6.07, 6.45) is 3.47. The number of methoxy groups -OCH3 is 1. The Morgan fingerprint density at radius 2 is 1.68 bits per heavy atom. The van der Waals surface area contributed by atoms with E-state index in [0.717, 1.165) is 0 Å². The fraction of sp³-hybridized carbons (Fsp3) is 0.0800. The van der Waals surface area contributed by atoms with Gasteiger partial charge in [0.2, 0.25) is 0 Å².